The Labute approximate surface area is 119 Å². The second-order valence-electron chi connectivity index (χ2n) is 5.37. The van der Waals surface area contributed by atoms with Crippen molar-refractivity contribution in [3.05, 3.63) is 30.0 Å². The first kappa shape index (κ1) is 14.4. The maximum atomic E-state index is 12.3. The molecule has 2 rings (SSSR count). The molecule has 0 spiro atoms. The molecule has 1 aromatic carbocycles. The van der Waals surface area contributed by atoms with E-state index in [1.807, 2.05) is 24.3 Å². The second-order valence-corrected chi connectivity index (χ2v) is 5.37. The minimum atomic E-state index is -0.0563. The molecule has 0 aliphatic rings. The van der Waals surface area contributed by atoms with Crippen LogP contribution in [0.2, 0.25) is 0 Å². The van der Waals surface area contributed by atoms with Crippen molar-refractivity contribution in [3.63, 3.8) is 0 Å². The van der Waals surface area contributed by atoms with Crippen LogP contribution in [0.15, 0.2) is 24.3 Å². The van der Waals surface area contributed by atoms with Gasteiger partial charge >= 0.3 is 0 Å². The molecule has 1 aromatic heterocycles. The van der Waals surface area contributed by atoms with Gasteiger partial charge in [0.15, 0.2) is 0 Å². The first-order chi connectivity index (χ1) is 9.55. The van der Waals surface area contributed by atoms with E-state index in [1.54, 1.807) is 0 Å². The van der Waals surface area contributed by atoms with Crippen molar-refractivity contribution in [1.29, 1.82) is 0 Å². The van der Waals surface area contributed by atoms with Gasteiger partial charge in [-0.15, -0.1) is 0 Å². The van der Waals surface area contributed by atoms with Crippen molar-refractivity contribution in [2.24, 2.45) is 5.92 Å². The number of carbonyl (C=O) groups is 1. The summed E-state index contributed by atoms with van der Waals surface area (Å²) >= 11 is 0. The molecule has 4 heteroatoms. The fourth-order valence-corrected chi connectivity index (χ4v) is 2.67. The summed E-state index contributed by atoms with van der Waals surface area (Å²) in [6.45, 7) is 6.38. The molecule has 108 valence electrons. The summed E-state index contributed by atoms with van der Waals surface area (Å²) in [5.41, 5.74) is 7.97. The van der Waals surface area contributed by atoms with Crippen LogP contribution in [-0.4, -0.2) is 16.9 Å². The van der Waals surface area contributed by atoms with Gasteiger partial charge < -0.3 is 16.0 Å². The van der Waals surface area contributed by atoms with Gasteiger partial charge in [0, 0.05) is 22.6 Å². The van der Waals surface area contributed by atoms with Gasteiger partial charge in [-0.2, -0.15) is 0 Å². The highest BCUT2D eigenvalue weighted by Crippen LogP contribution is 2.19. The van der Waals surface area contributed by atoms with E-state index < -0.39 is 0 Å². The molecule has 0 aliphatic heterocycles. The number of anilines is 1. The summed E-state index contributed by atoms with van der Waals surface area (Å²) in [6, 6.07) is 7.61. The summed E-state index contributed by atoms with van der Waals surface area (Å²) < 4.78 is 0. The third kappa shape index (κ3) is 2.95. The molecule has 1 atom stereocenters. The number of nitrogens with one attached hydrogen (secondary N) is 2. The number of nitrogens with two attached hydrogens (primary N) is 1. The van der Waals surface area contributed by atoms with Crippen molar-refractivity contribution in [1.82, 2.24) is 10.3 Å². The number of rotatable bonds is 5. The highest BCUT2D eigenvalue weighted by Gasteiger charge is 2.17. The summed E-state index contributed by atoms with van der Waals surface area (Å²) in [5.74, 6) is 0.457. The number of amides is 1. The summed E-state index contributed by atoms with van der Waals surface area (Å²) in [6.07, 6.45) is 2.14. The predicted octanol–water partition coefficient (Wildman–Crippen LogP) is 3.30. The quantitative estimate of drug-likeness (QED) is 0.731. The number of hydrogen-bond acceptors (Lipinski definition) is 2. The summed E-state index contributed by atoms with van der Waals surface area (Å²) in [5, 5.41) is 4.04. The molecule has 0 fully saturated rings. The van der Waals surface area contributed by atoms with Gasteiger partial charge in [0.1, 0.15) is 5.69 Å². The Morgan fingerprint density at radius 3 is 2.65 bits per heavy atom. The van der Waals surface area contributed by atoms with Crippen LogP contribution in [-0.2, 0) is 0 Å². The number of H-pyrrole nitrogens is 1. The van der Waals surface area contributed by atoms with Crippen LogP contribution >= 0.6 is 0 Å². The standard InChI is InChI=1S/C16H23N3O/c1-4-11(5-2)10(3)18-16(20)15-9-12-8-13(17)6-7-14(12)19-15/h6-11,19H,4-5,17H2,1-3H3,(H,18,20). The maximum absolute atomic E-state index is 12.3. The zero-order chi connectivity index (χ0) is 14.7. The molecular formula is C16H23N3O. The molecule has 4 N–H and O–H groups in total. The van der Waals surface area contributed by atoms with Crippen molar-refractivity contribution in [2.45, 2.75) is 39.7 Å². The largest absolute Gasteiger partial charge is 0.399 e. The van der Waals surface area contributed by atoms with Crippen LogP contribution in [0.1, 0.15) is 44.1 Å². The molecular weight excluding hydrogens is 250 g/mol. The molecule has 0 bridgehead atoms. The van der Waals surface area contributed by atoms with Crippen LogP contribution in [0.3, 0.4) is 0 Å². The smallest absolute Gasteiger partial charge is 0.267 e. The Hall–Kier alpha value is -1.97. The Kier molecular flexibility index (Phi) is 4.32. The number of carbonyl (C=O) groups excluding carboxylic acids is 1. The lowest BCUT2D eigenvalue weighted by Gasteiger charge is -2.22. The Morgan fingerprint density at radius 2 is 2.00 bits per heavy atom. The van der Waals surface area contributed by atoms with Crippen molar-refractivity contribution in [3.8, 4) is 0 Å². The van der Waals surface area contributed by atoms with E-state index in [9.17, 15) is 4.79 Å². The van der Waals surface area contributed by atoms with Gasteiger partial charge in [0.25, 0.3) is 5.91 Å². The van der Waals surface area contributed by atoms with Gasteiger partial charge in [0.05, 0.1) is 0 Å². The predicted molar refractivity (Wildman–Crippen MR) is 83.7 cm³/mol. The van der Waals surface area contributed by atoms with E-state index in [1.165, 1.54) is 0 Å². The lowest BCUT2D eigenvalue weighted by Crippen LogP contribution is -2.37. The van der Waals surface area contributed by atoms with E-state index in [2.05, 4.69) is 31.1 Å². The molecule has 2 aromatic rings. The van der Waals surface area contributed by atoms with Gasteiger partial charge in [-0.3, -0.25) is 4.79 Å². The third-order valence-electron chi connectivity index (χ3n) is 4.00. The second kappa shape index (κ2) is 5.99. The molecule has 0 saturated heterocycles. The average molecular weight is 273 g/mol. The molecule has 0 aliphatic carbocycles. The molecule has 0 saturated carbocycles. The Bertz CT molecular complexity index is 599. The zero-order valence-electron chi connectivity index (χ0n) is 12.4. The van der Waals surface area contributed by atoms with Crippen molar-refractivity contribution in [2.75, 3.05) is 5.73 Å². The Balaban J connectivity index is 2.15. The first-order valence-corrected chi connectivity index (χ1v) is 7.24. The van der Waals surface area contributed by atoms with Crippen LogP contribution in [0, 0.1) is 5.92 Å². The first-order valence-electron chi connectivity index (χ1n) is 7.24. The monoisotopic (exact) mass is 273 g/mol. The van der Waals surface area contributed by atoms with Crippen LogP contribution in [0.25, 0.3) is 10.9 Å². The number of aromatic nitrogens is 1. The number of benzene rings is 1. The van der Waals surface area contributed by atoms with Gasteiger partial charge in [-0.05, 0) is 37.1 Å². The SMILES string of the molecule is CCC(CC)C(C)NC(=O)c1cc2cc(N)ccc2[nH]1. The van der Waals surface area contributed by atoms with Crippen LogP contribution < -0.4 is 11.1 Å². The minimum absolute atomic E-state index is 0.0563. The zero-order valence-corrected chi connectivity index (χ0v) is 12.4. The number of hydrogen-bond donors (Lipinski definition) is 3. The van der Waals surface area contributed by atoms with E-state index in [-0.39, 0.29) is 11.9 Å². The highest BCUT2D eigenvalue weighted by molar-refractivity contribution is 5.98. The average Bonchev–Trinajstić information content (AvgIpc) is 2.83. The van der Waals surface area contributed by atoms with E-state index in [0.29, 0.717) is 17.3 Å². The number of aromatic amines is 1. The molecule has 0 radical (unpaired) electrons. The van der Waals surface area contributed by atoms with Crippen LogP contribution in [0.4, 0.5) is 5.69 Å². The molecule has 1 amide bonds. The highest BCUT2D eigenvalue weighted by atomic mass is 16.1. The van der Waals surface area contributed by atoms with Gasteiger partial charge in [-0.1, -0.05) is 26.7 Å². The minimum Gasteiger partial charge on any atom is -0.399 e. The molecule has 1 unspecified atom stereocenters. The van der Waals surface area contributed by atoms with Crippen molar-refractivity contribution < 1.29 is 4.79 Å². The normalized spacial score (nSPS) is 12.8. The maximum Gasteiger partial charge on any atom is 0.267 e. The lowest BCUT2D eigenvalue weighted by molar-refractivity contribution is 0.0921. The fourth-order valence-electron chi connectivity index (χ4n) is 2.67. The number of nitrogen functional groups attached to an aromatic ring is 1. The molecule has 4 nitrogen and oxygen atoms in total. The summed E-state index contributed by atoms with van der Waals surface area (Å²) in [4.78, 5) is 15.4. The Morgan fingerprint density at radius 1 is 1.30 bits per heavy atom. The third-order valence-corrected chi connectivity index (χ3v) is 4.00. The van der Waals surface area contributed by atoms with Crippen molar-refractivity contribution >= 4 is 22.5 Å². The lowest BCUT2D eigenvalue weighted by atomic mass is 9.95. The van der Waals surface area contributed by atoms with Gasteiger partial charge in [-0.25, -0.2) is 0 Å². The van der Waals surface area contributed by atoms with E-state index in [0.717, 1.165) is 23.7 Å². The van der Waals surface area contributed by atoms with E-state index in [4.69, 9.17) is 5.73 Å². The number of fused-ring (bicyclic) bond motifs is 1. The van der Waals surface area contributed by atoms with Gasteiger partial charge in [0.2, 0.25) is 0 Å². The fraction of sp³-hybridized carbons (Fsp3) is 0.438. The topological polar surface area (TPSA) is 70.9 Å². The van der Waals surface area contributed by atoms with E-state index >= 15 is 0 Å². The van der Waals surface area contributed by atoms with Crippen LogP contribution in [0.5, 0.6) is 0 Å². The molecule has 20 heavy (non-hydrogen) atoms. The molecule has 1 heterocycles. The summed E-state index contributed by atoms with van der Waals surface area (Å²) in [7, 11) is 0.